The fourth-order valence-corrected chi connectivity index (χ4v) is 3.90. The normalized spacial score (nSPS) is 10.5. The van der Waals surface area contributed by atoms with Crippen LogP contribution in [0.1, 0.15) is 25.1 Å². The number of likely N-dealkylation sites (N-methyl/N-ethyl adjacent to an activating group) is 1. The van der Waals surface area contributed by atoms with E-state index in [-0.39, 0.29) is 24.8 Å². The minimum Gasteiger partial charge on any atom is -0.494 e. The smallest absolute Gasteiger partial charge is 0.242 e. The molecule has 0 spiro atoms. The Labute approximate surface area is 186 Å². The van der Waals surface area contributed by atoms with Crippen molar-refractivity contribution in [2.24, 2.45) is 0 Å². The summed E-state index contributed by atoms with van der Waals surface area (Å²) >= 11 is 1.49. The summed E-state index contributed by atoms with van der Waals surface area (Å²) in [5, 5.41) is 5.44. The van der Waals surface area contributed by atoms with Crippen molar-refractivity contribution in [1.82, 2.24) is 15.2 Å². The topological polar surface area (TPSA) is 71.5 Å². The molecular weight excluding hydrogens is 410 g/mol. The number of nitrogens with zero attached hydrogens (tertiary/aromatic N) is 2. The van der Waals surface area contributed by atoms with Crippen molar-refractivity contribution >= 4 is 23.2 Å². The van der Waals surface area contributed by atoms with E-state index in [4.69, 9.17) is 4.74 Å². The number of carbonyl (C=O) groups is 2. The van der Waals surface area contributed by atoms with E-state index >= 15 is 0 Å². The van der Waals surface area contributed by atoms with Gasteiger partial charge < -0.3 is 15.0 Å². The Morgan fingerprint density at radius 3 is 2.48 bits per heavy atom. The first-order chi connectivity index (χ1) is 15.1. The molecule has 0 saturated carbocycles. The van der Waals surface area contributed by atoms with Crippen LogP contribution in [0, 0.1) is 0 Å². The number of nitrogens with one attached hydrogen (secondary N) is 1. The summed E-state index contributed by atoms with van der Waals surface area (Å²) in [5.74, 6) is 0.501. The van der Waals surface area contributed by atoms with E-state index < -0.39 is 0 Å². The van der Waals surface area contributed by atoms with Crippen molar-refractivity contribution < 1.29 is 14.3 Å². The van der Waals surface area contributed by atoms with Crippen LogP contribution in [0.4, 0.5) is 0 Å². The van der Waals surface area contributed by atoms with Crippen LogP contribution in [-0.4, -0.2) is 41.4 Å². The van der Waals surface area contributed by atoms with Gasteiger partial charge >= 0.3 is 0 Å². The van der Waals surface area contributed by atoms with Crippen LogP contribution >= 0.6 is 11.3 Å². The van der Waals surface area contributed by atoms with Gasteiger partial charge in [0.05, 0.1) is 25.3 Å². The summed E-state index contributed by atoms with van der Waals surface area (Å²) in [6.45, 7) is 5.60. The van der Waals surface area contributed by atoms with Gasteiger partial charge in [0, 0.05) is 24.0 Å². The SMILES string of the molecule is CCOc1ccc(-c2nc(CC(=O)NCC(=O)N(CC)Cc3ccccc3)cs2)cc1. The lowest BCUT2D eigenvalue weighted by Crippen LogP contribution is -2.40. The standard InChI is InChI=1S/C24H27N3O3S/c1-3-27(16-18-8-6-5-7-9-18)23(29)15-25-22(28)14-20-17-31-24(26-20)19-10-12-21(13-11-19)30-4-2/h5-13,17H,3-4,14-16H2,1-2H3,(H,25,28). The van der Waals surface area contributed by atoms with Gasteiger partial charge in [-0.05, 0) is 43.7 Å². The monoisotopic (exact) mass is 437 g/mol. The van der Waals surface area contributed by atoms with Crippen molar-refractivity contribution in [1.29, 1.82) is 0 Å². The molecule has 3 rings (SSSR count). The molecular formula is C24H27N3O3S. The van der Waals surface area contributed by atoms with E-state index in [9.17, 15) is 9.59 Å². The Balaban J connectivity index is 1.49. The largest absolute Gasteiger partial charge is 0.494 e. The highest BCUT2D eigenvalue weighted by molar-refractivity contribution is 7.13. The highest BCUT2D eigenvalue weighted by Crippen LogP contribution is 2.26. The van der Waals surface area contributed by atoms with Crippen molar-refractivity contribution in [3.8, 4) is 16.3 Å². The number of thiazole rings is 1. The molecule has 0 atom stereocenters. The average Bonchev–Trinajstić information content (AvgIpc) is 3.25. The minimum atomic E-state index is -0.215. The molecule has 0 aliphatic rings. The predicted molar refractivity (Wildman–Crippen MR) is 123 cm³/mol. The second-order valence-electron chi connectivity index (χ2n) is 6.95. The maximum absolute atomic E-state index is 12.5. The molecule has 6 nitrogen and oxygen atoms in total. The maximum atomic E-state index is 12.5. The fraction of sp³-hybridized carbons (Fsp3) is 0.292. The van der Waals surface area contributed by atoms with Crippen molar-refractivity contribution in [2.45, 2.75) is 26.8 Å². The van der Waals surface area contributed by atoms with Gasteiger partial charge in [-0.3, -0.25) is 9.59 Å². The third-order valence-corrected chi connectivity index (χ3v) is 5.63. The van der Waals surface area contributed by atoms with Crippen molar-refractivity contribution in [3.05, 3.63) is 71.2 Å². The Kier molecular flexibility index (Phi) is 8.18. The van der Waals surface area contributed by atoms with Crippen molar-refractivity contribution in [2.75, 3.05) is 19.7 Å². The van der Waals surface area contributed by atoms with Crippen molar-refractivity contribution in [3.63, 3.8) is 0 Å². The fourth-order valence-electron chi connectivity index (χ4n) is 3.07. The molecule has 2 amide bonds. The van der Waals surface area contributed by atoms with Gasteiger partial charge in [0.2, 0.25) is 11.8 Å². The Bertz CT molecular complexity index is 987. The molecule has 2 aromatic carbocycles. The summed E-state index contributed by atoms with van der Waals surface area (Å²) < 4.78 is 5.46. The first-order valence-corrected chi connectivity index (χ1v) is 11.2. The molecule has 31 heavy (non-hydrogen) atoms. The van der Waals surface area contributed by atoms with Crippen LogP contribution in [0.25, 0.3) is 10.6 Å². The van der Waals surface area contributed by atoms with E-state index in [1.165, 1.54) is 11.3 Å². The number of amides is 2. The van der Waals surface area contributed by atoms with Gasteiger partial charge in [-0.1, -0.05) is 30.3 Å². The third kappa shape index (κ3) is 6.65. The predicted octanol–water partition coefficient (Wildman–Crippen LogP) is 3.92. The number of benzene rings is 2. The summed E-state index contributed by atoms with van der Waals surface area (Å²) in [6.07, 6.45) is 0.144. The van der Waals surface area contributed by atoms with Gasteiger partial charge in [0.15, 0.2) is 0 Å². The summed E-state index contributed by atoms with van der Waals surface area (Å²) in [6, 6.07) is 17.5. The highest BCUT2D eigenvalue weighted by Gasteiger charge is 2.15. The van der Waals surface area contributed by atoms with E-state index in [0.717, 1.165) is 21.9 Å². The summed E-state index contributed by atoms with van der Waals surface area (Å²) in [7, 11) is 0. The van der Waals surface area contributed by atoms with E-state index in [1.807, 2.05) is 73.8 Å². The highest BCUT2D eigenvalue weighted by atomic mass is 32.1. The Hall–Kier alpha value is -3.19. The molecule has 1 aromatic heterocycles. The van der Waals surface area contributed by atoms with Gasteiger partial charge in [0.1, 0.15) is 10.8 Å². The molecule has 1 N–H and O–H groups in total. The van der Waals surface area contributed by atoms with Crippen LogP contribution in [0.5, 0.6) is 5.75 Å². The number of aromatic nitrogens is 1. The second kappa shape index (κ2) is 11.3. The van der Waals surface area contributed by atoms with Crippen LogP contribution in [0.3, 0.4) is 0 Å². The molecule has 0 bridgehead atoms. The third-order valence-electron chi connectivity index (χ3n) is 4.69. The molecule has 7 heteroatoms. The minimum absolute atomic E-state index is 0.0185. The zero-order valence-electron chi connectivity index (χ0n) is 17.8. The lowest BCUT2D eigenvalue weighted by Gasteiger charge is -2.21. The maximum Gasteiger partial charge on any atom is 0.242 e. The Morgan fingerprint density at radius 1 is 1.06 bits per heavy atom. The molecule has 0 fully saturated rings. The van der Waals surface area contributed by atoms with Crippen LogP contribution in [0.15, 0.2) is 60.0 Å². The molecule has 0 radical (unpaired) electrons. The van der Waals surface area contributed by atoms with Gasteiger partial charge in [-0.25, -0.2) is 4.98 Å². The van der Waals surface area contributed by atoms with Crippen LogP contribution in [-0.2, 0) is 22.6 Å². The summed E-state index contributed by atoms with van der Waals surface area (Å²) in [4.78, 5) is 31.1. The van der Waals surface area contributed by atoms with E-state index in [1.54, 1.807) is 4.90 Å². The second-order valence-corrected chi connectivity index (χ2v) is 7.81. The first kappa shape index (κ1) is 22.5. The zero-order valence-corrected chi connectivity index (χ0v) is 18.7. The lowest BCUT2D eigenvalue weighted by atomic mass is 10.2. The quantitative estimate of drug-likeness (QED) is 0.522. The Morgan fingerprint density at radius 2 is 1.81 bits per heavy atom. The van der Waals surface area contributed by atoms with Crippen LogP contribution in [0.2, 0.25) is 0 Å². The number of ether oxygens (including phenoxy) is 1. The number of hydrogen-bond acceptors (Lipinski definition) is 5. The van der Waals surface area contributed by atoms with E-state index in [2.05, 4.69) is 10.3 Å². The number of rotatable bonds is 10. The summed E-state index contributed by atoms with van der Waals surface area (Å²) in [5.41, 5.74) is 2.73. The molecule has 0 unspecified atom stereocenters. The molecule has 1 heterocycles. The molecule has 3 aromatic rings. The first-order valence-electron chi connectivity index (χ1n) is 10.3. The van der Waals surface area contributed by atoms with Gasteiger partial charge in [0.25, 0.3) is 0 Å². The van der Waals surface area contributed by atoms with Gasteiger partial charge in [-0.15, -0.1) is 11.3 Å². The zero-order chi connectivity index (χ0) is 22.1. The molecule has 0 aliphatic heterocycles. The lowest BCUT2D eigenvalue weighted by molar-refractivity contribution is -0.133. The average molecular weight is 438 g/mol. The number of hydrogen-bond donors (Lipinski definition) is 1. The molecule has 0 aliphatic carbocycles. The molecule has 0 saturated heterocycles. The van der Waals surface area contributed by atoms with E-state index in [0.29, 0.717) is 25.4 Å². The molecule has 162 valence electrons. The van der Waals surface area contributed by atoms with Crippen LogP contribution < -0.4 is 10.1 Å². The number of carbonyl (C=O) groups excluding carboxylic acids is 2. The van der Waals surface area contributed by atoms with Gasteiger partial charge in [-0.2, -0.15) is 0 Å².